The molecule has 0 spiro atoms. The maximum Gasteiger partial charge on any atom is 0.220 e. The summed E-state index contributed by atoms with van der Waals surface area (Å²) in [6.07, 6.45) is 1.48. The van der Waals surface area contributed by atoms with Crippen LogP contribution >= 0.6 is 24.2 Å². The summed E-state index contributed by atoms with van der Waals surface area (Å²) in [6.45, 7) is 2.85. The Labute approximate surface area is 141 Å². The maximum atomic E-state index is 11.6. The highest BCUT2D eigenvalue weighted by atomic mass is 35.5. The minimum absolute atomic E-state index is 0. The summed E-state index contributed by atoms with van der Waals surface area (Å²) in [5, 5.41) is 5.97. The Morgan fingerprint density at radius 1 is 1.23 bits per heavy atom. The fraction of sp³-hybridized carbons (Fsp3) is 0.533. The first kappa shape index (κ1) is 18.9. The van der Waals surface area contributed by atoms with E-state index in [4.69, 9.17) is 9.47 Å². The SMILES string of the molecule is CNCCCNC(=O)CCSc1ccc2c(c1)OCCO2.Cl. The molecule has 2 N–H and O–H groups in total. The number of fused-ring (bicyclic) bond motifs is 1. The molecule has 0 saturated carbocycles. The smallest absolute Gasteiger partial charge is 0.220 e. The van der Waals surface area contributed by atoms with Crippen molar-refractivity contribution in [3.8, 4) is 11.5 Å². The molecule has 1 aromatic rings. The first-order chi connectivity index (χ1) is 10.3. The molecule has 1 aliphatic heterocycles. The molecule has 2 rings (SSSR count). The van der Waals surface area contributed by atoms with E-state index in [2.05, 4.69) is 10.6 Å². The zero-order chi connectivity index (χ0) is 14.9. The average Bonchev–Trinajstić information content (AvgIpc) is 2.51. The van der Waals surface area contributed by atoms with Crippen LogP contribution in [0.1, 0.15) is 12.8 Å². The van der Waals surface area contributed by atoms with E-state index in [0.717, 1.165) is 41.7 Å². The number of halogens is 1. The average molecular weight is 347 g/mol. The Kier molecular flexibility index (Phi) is 9.11. The number of hydrogen-bond acceptors (Lipinski definition) is 5. The van der Waals surface area contributed by atoms with E-state index in [0.29, 0.717) is 19.6 Å². The van der Waals surface area contributed by atoms with E-state index in [1.807, 2.05) is 25.2 Å². The molecular weight excluding hydrogens is 324 g/mol. The highest BCUT2D eigenvalue weighted by Crippen LogP contribution is 2.34. The Hall–Kier alpha value is -1.11. The van der Waals surface area contributed by atoms with E-state index in [1.165, 1.54) is 0 Å². The lowest BCUT2D eigenvalue weighted by Gasteiger charge is -2.18. The molecule has 0 unspecified atom stereocenters. The van der Waals surface area contributed by atoms with Gasteiger partial charge in [-0.15, -0.1) is 24.2 Å². The molecule has 1 heterocycles. The highest BCUT2D eigenvalue weighted by Gasteiger charge is 2.12. The monoisotopic (exact) mass is 346 g/mol. The minimum atomic E-state index is 0. The maximum absolute atomic E-state index is 11.6. The highest BCUT2D eigenvalue weighted by molar-refractivity contribution is 7.99. The normalized spacial score (nSPS) is 12.4. The van der Waals surface area contributed by atoms with Crippen LogP contribution in [-0.2, 0) is 4.79 Å². The Morgan fingerprint density at radius 3 is 2.77 bits per heavy atom. The van der Waals surface area contributed by atoms with Crippen molar-refractivity contribution < 1.29 is 14.3 Å². The summed E-state index contributed by atoms with van der Waals surface area (Å²) < 4.78 is 11.0. The second kappa shape index (κ2) is 10.6. The van der Waals surface area contributed by atoms with E-state index in [9.17, 15) is 4.79 Å². The van der Waals surface area contributed by atoms with Gasteiger partial charge in [0, 0.05) is 23.6 Å². The molecule has 0 bridgehead atoms. The standard InChI is InChI=1S/C15H22N2O3S.ClH/c1-16-6-2-7-17-15(18)5-10-21-12-3-4-13-14(11-12)20-9-8-19-13;/h3-4,11,16H,2,5-10H2,1H3,(H,17,18);1H. The van der Waals surface area contributed by atoms with Crippen molar-refractivity contribution in [3.05, 3.63) is 18.2 Å². The van der Waals surface area contributed by atoms with E-state index in [-0.39, 0.29) is 18.3 Å². The fourth-order valence-corrected chi connectivity index (χ4v) is 2.83. The van der Waals surface area contributed by atoms with Crippen LogP contribution in [0.3, 0.4) is 0 Å². The Bertz CT molecular complexity index is 474. The largest absolute Gasteiger partial charge is 0.486 e. The molecule has 1 aliphatic rings. The van der Waals surface area contributed by atoms with Crippen LogP contribution in [0.5, 0.6) is 11.5 Å². The zero-order valence-corrected chi connectivity index (χ0v) is 14.4. The van der Waals surface area contributed by atoms with Crippen molar-refractivity contribution >= 4 is 30.1 Å². The molecule has 0 radical (unpaired) electrons. The number of carbonyl (C=O) groups is 1. The van der Waals surface area contributed by atoms with Crippen LogP contribution < -0.4 is 20.1 Å². The van der Waals surface area contributed by atoms with Gasteiger partial charge in [-0.3, -0.25) is 4.79 Å². The number of benzene rings is 1. The van der Waals surface area contributed by atoms with Gasteiger partial charge in [-0.2, -0.15) is 0 Å². The Balaban J connectivity index is 0.00000242. The number of nitrogens with one attached hydrogen (secondary N) is 2. The number of hydrogen-bond donors (Lipinski definition) is 2. The number of rotatable bonds is 8. The van der Waals surface area contributed by atoms with Crippen LogP contribution in [0.25, 0.3) is 0 Å². The number of amides is 1. The summed E-state index contributed by atoms with van der Waals surface area (Å²) in [5.74, 6) is 2.46. The molecule has 5 nitrogen and oxygen atoms in total. The molecule has 0 aliphatic carbocycles. The molecule has 1 amide bonds. The molecule has 0 fully saturated rings. The van der Waals surface area contributed by atoms with Gasteiger partial charge in [-0.05, 0) is 38.2 Å². The van der Waals surface area contributed by atoms with Crippen molar-refractivity contribution in [1.29, 1.82) is 0 Å². The van der Waals surface area contributed by atoms with Crippen molar-refractivity contribution in [2.45, 2.75) is 17.7 Å². The van der Waals surface area contributed by atoms with Crippen molar-refractivity contribution in [2.24, 2.45) is 0 Å². The van der Waals surface area contributed by atoms with Gasteiger partial charge >= 0.3 is 0 Å². The third-order valence-electron chi connectivity index (χ3n) is 3.04. The Morgan fingerprint density at radius 2 is 2.00 bits per heavy atom. The predicted octanol–water partition coefficient (Wildman–Crippen LogP) is 2.09. The lowest BCUT2D eigenvalue weighted by Crippen LogP contribution is -2.26. The van der Waals surface area contributed by atoms with Crippen molar-refractivity contribution in [1.82, 2.24) is 10.6 Å². The van der Waals surface area contributed by atoms with Gasteiger partial charge < -0.3 is 20.1 Å². The second-order valence-electron chi connectivity index (χ2n) is 4.71. The van der Waals surface area contributed by atoms with Crippen molar-refractivity contribution in [3.63, 3.8) is 0 Å². The van der Waals surface area contributed by atoms with Crippen LogP contribution in [0, 0.1) is 0 Å². The van der Waals surface area contributed by atoms with Crippen molar-refractivity contribution in [2.75, 3.05) is 39.1 Å². The van der Waals surface area contributed by atoms with E-state index >= 15 is 0 Å². The molecule has 1 aromatic carbocycles. The summed E-state index contributed by atoms with van der Waals surface area (Å²) in [7, 11) is 1.91. The van der Waals surface area contributed by atoms with Gasteiger partial charge in [0.2, 0.25) is 5.91 Å². The van der Waals surface area contributed by atoms with Gasteiger partial charge in [0.15, 0.2) is 11.5 Å². The first-order valence-electron chi connectivity index (χ1n) is 7.23. The molecular formula is C15H23ClN2O3S. The topological polar surface area (TPSA) is 59.6 Å². The number of ether oxygens (including phenoxy) is 2. The fourth-order valence-electron chi connectivity index (χ4n) is 1.96. The predicted molar refractivity (Wildman–Crippen MR) is 91.6 cm³/mol. The molecule has 0 aromatic heterocycles. The van der Waals surface area contributed by atoms with Gasteiger partial charge in [0.1, 0.15) is 13.2 Å². The third kappa shape index (κ3) is 6.34. The third-order valence-corrected chi connectivity index (χ3v) is 4.03. The first-order valence-corrected chi connectivity index (χ1v) is 8.22. The summed E-state index contributed by atoms with van der Waals surface area (Å²) in [5.41, 5.74) is 0. The van der Waals surface area contributed by atoms with E-state index in [1.54, 1.807) is 11.8 Å². The molecule has 22 heavy (non-hydrogen) atoms. The summed E-state index contributed by atoms with van der Waals surface area (Å²) in [6, 6.07) is 5.90. The second-order valence-corrected chi connectivity index (χ2v) is 5.88. The van der Waals surface area contributed by atoms with Gasteiger partial charge in [0.25, 0.3) is 0 Å². The van der Waals surface area contributed by atoms with Crippen LogP contribution in [-0.4, -0.2) is 45.0 Å². The lowest BCUT2D eigenvalue weighted by atomic mass is 10.3. The minimum Gasteiger partial charge on any atom is -0.486 e. The molecule has 7 heteroatoms. The van der Waals surface area contributed by atoms with Crippen LogP contribution in [0.15, 0.2) is 23.1 Å². The quantitative estimate of drug-likeness (QED) is 0.557. The zero-order valence-electron chi connectivity index (χ0n) is 12.7. The van der Waals surface area contributed by atoms with Gasteiger partial charge in [-0.25, -0.2) is 0 Å². The lowest BCUT2D eigenvalue weighted by molar-refractivity contribution is -0.120. The molecule has 124 valence electrons. The van der Waals surface area contributed by atoms with E-state index < -0.39 is 0 Å². The van der Waals surface area contributed by atoms with Crippen LogP contribution in [0.2, 0.25) is 0 Å². The van der Waals surface area contributed by atoms with Gasteiger partial charge in [-0.1, -0.05) is 0 Å². The summed E-state index contributed by atoms with van der Waals surface area (Å²) >= 11 is 1.66. The molecule has 0 atom stereocenters. The molecule has 0 saturated heterocycles. The van der Waals surface area contributed by atoms with Gasteiger partial charge in [0.05, 0.1) is 0 Å². The number of carbonyl (C=O) groups excluding carboxylic acids is 1. The summed E-state index contributed by atoms with van der Waals surface area (Å²) in [4.78, 5) is 12.7. The van der Waals surface area contributed by atoms with Crippen LogP contribution in [0.4, 0.5) is 0 Å². The number of thioether (sulfide) groups is 1.